The summed E-state index contributed by atoms with van der Waals surface area (Å²) in [5.74, 6) is 0.735. The van der Waals surface area contributed by atoms with Crippen LogP contribution in [0.4, 0.5) is 11.5 Å². The van der Waals surface area contributed by atoms with Gasteiger partial charge in [-0.1, -0.05) is 18.2 Å². The number of rotatable bonds is 2. The van der Waals surface area contributed by atoms with E-state index in [0.717, 1.165) is 11.5 Å². The summed E-state index contributed by atoms with van der Waals surface area (Å²) in [5.41, 5.74) is 1.58. The number of aromatic amines is 1. The molecule has 0 bridgehead atoms. The summed E-state index contributed by atoms with van der Waals surface area (Å²) < 4.78 is 0. The molecule has 0 radical (unpaired) electrons. The van der Waals surface area contributed by atoms with Crippen LogP contribution in [0.2, 0.25) is 0 Å². The van der Waals surface area contributed by atoms with Gasteiger partial charge in [-0.25, -0.2) is 0 Å². The number of anilines is 2. The van der Waals surface area contributed by atoms with Gasteiger partial charge in [0.05, 0.1) is 5.56 Å². The molecule has 2 aromatic rings. The number of benzene rings is 1. The van der Waals surface area contributed by atoms with Crippen molar-refractivity contribution in [1.82, 2.24) is 4.98 Å². The SMILES string of the molecule is N#Cc1cc[nH]c1Nc1ccccc1. The van der Waals surface area contributed by atoms with Crippen LogP contribution in [-0.4, -0.2) is 4.98 Å². The molecule has 0 aliphatic rings. The minimum absolute atomic E-state index is 0.619. The predicted octanol–water partition coefficient (Wildman–Crippen LogP) is 2.63. The summed E-state index contributed by atoms with van der Waals surface area (Å²) in [6.07, 6.45) is 1.74. The molecule has 1 aromatic carbocycles. The number of H-pyrrole nitrogens is 1. The lowest BCUT2D eigenvalue weighted by atomic mass is 10.3. The molecular formula is C11H9N3. The molecule has 0 aliphatic carbocycles. The van der Waals surface area contributed by atoms with Crippen molar-refractivity contribution < 1.29 is 0 Å². The summed E-state index contributed by atoms with van der Waals surface area (Å²) >= 11 is 0. The van der Waals surface area contributed by atoms with E-state index in [4.69, 9.17) is 5.26 Å². The summed E-state index contributed by atoms with van der Waals surface area (Å²) in [7, 11) is 0. The third-order valence-corrected chi connectivity index (χ3v) is 1.91. The number of hydrogen-bond donors (Lipinski definition) is 2. The highest BCUT2D eigenvalue weighted by Gasteiger charge is 2.01. The normalized spacial score (nSPS) is 9.36. The molecule has 68 valence electrons. The van der Waals surface area contributed by atoms with Crippen LogP contribution in [0, 0.1) is 11.3 Å². The monoisotopic (exact) mass is 183 g/mol. The van der Waals surface area contributed by atoms with Gasteiger partial charge in [-0.2, -0.15) is 5.26 Å². The molecule has 0 saturated carbocycles. The number of nitriles is 1. The molecule has 0 fully saturated rings. The first-order valence-corrected chi connectivity index (χ1v) is 4.29. The van der Waals surface area contributed by atoms with E-state index >= 15 is 0 Å². The molecule has 1 heterocycles. The minimum Gasteiger partial charge on any atom is -0.347 e. The zero-order valence-electron chi connectivity index (χ0n) is 7.49. The van der Waals surface area contributed by atoms with Crippen molar-refractivity contribution in [3.63, 3.8) is 0 Å². The van der Waals surface area contributed by atoms with E-state index in [-0.39, 0.29) is 0 Å². The minimum atomic E-state index is 0.619. The van der Waals surface area contributed by atoms with Gasteiger partial charge in [-0.05, 0) is 18.2 Å². The molecule has 0 unspecified atom stereocenters. The Labute approximate surface area is 82.0 Å². The second kappa shape index (κ2) is 3.67. The van der Waals surface area contributed by atoms with E-state index in [9.17, 15) is 0 Å². The highest BCUT2D eigenvalue weighted by molar-refractivity contribution is 5.62. The first-order valence-electron chi connectivity index (χ1n) is 4.29. The van der Waals surface area contributed by atoms with Crippen molar-refractivity contribution >= 4 is 11.5 Å². The zero-order chi connectivity index (χ0) is 9.80. The van der Waals surface area contributed by atoms with Crippen molar-refractivity contribution in [1.29, 1.82) is 5.26 Å². The molecule has 0 aliphatic heterocycles. The highest BCUT2D eigenvalue weighted by atomic mass is 15.0. The van der Waals surface area contributed by atoms with Crippen LogP contribution in [0.25, 0.3) is 0 Å². The second-order valence-electron chi connectivity index (χ2n) is 2.87. The zero-order valence-corrected chi connectivity index (χ0v) is 7.49. The van der Waals surface area contributed by atoms with Gasteiger partial charge in [0.15, 0.2) is 0 Å². The maximum Gasteiger partial charge on any atom is 0.125 e. The third kappa shape index (κ3) is 1.59. The fourth-order valence-corrected chi connectivity index (χ4v) is 1.23. The molecule has 2 rings (SSSR count). The van der Waals surface area contributed by atoms with Gasteiger partial charge in [0.2, 0.25) is 0 Å². The number of aromatic nitrogens is 1. The molecule has 3 nitrogen and oxygen atoms in total. The van der Waals surface area contributed by atoms with Crippen molar-refractivity contribution in [3.8, 4) is 6.07 Å². The molecular weight excluding hydrogens is 174 g/mol. The fraction of sp³-hybridized carbons (Fsp3) is 0. The maximum atomic E-state index is 8.78. The maximum absolute atomic E-state index is 8.78. The molecule has 2 N–H and O–H groups in total. The Hall–Kier alpha value is -2.21. The topological polar surface area (TPSA) is 51.6 Å². The van der Waals surface area contributed by atoms with Crippen LogP contribution in [0.5, 0.6) is 0 Å². The van der Waals surface area contributed by atoms with E-state index in [0.29, 0.717) is 5.56 Å². The Kier molecular flexibility index (Phi) is 2.20. The molecule has 1 aromatic heterocycles. The van der Waals surface area contributed by atoms with E-state index in [1.807, 2.05) is 30.3 Å². The molecule has 0 amide bonds. The van der Waals surface area contributed by atoms with Crippen LogP contribution >= 0.6 is 0 Å². The third-order valence-electron chi connectivity index (χ3n) is 1.91. The lowest BCUT2D eigenvalue weighted by molar-refractivity contribution is 1.37. The quantitative estimate of drug-likeness (QED) is 0.751. The first kappa shape index (κ1) is 8.39. The summed E-state index contributed by atoms with van der Waals surface area (Å²) in [5, 5.41) is 11.9. The van der Waals surface area contributed by atoms with Crippen LogP contribution in [0.15, 0.2) is 42.6 Å². The van der Waals surface area contributed by atoms with E-state index in [1.165, 1.54) is 0 Å². The Morgan fingerprint density at radius 2 is 1.93 bits per heavy atom. The van der Waals surface area contributed by atoms with E-state index < -0.39 is 0 Å². The van der Waals surface area contributed by atoms with Crippen LogP contribution in [0.1, 0.15) is 5.56 Å². The van der Waals surface area contributed by atoms with Gasteiger partial charge in [0.25, 0.3) is 0 Å². The largest absolute Gasteiger partial charge is 0.347 e. The average Bonchev–Trinajstić information content (AvgIpc) is 2.67. The van der Waals surface area contributed by atoms with Crippen molar-refractivity contribution in [2.24, 2.45) is 0 Å². The second-order valence-corrected chi connectivity index (χ2v) is 2.87. The van der Waals surface area contributed by atoms with E-state index in [2.05, 4.69) is 16.4 Å². The summed E-state index contributed by atoms with van der Waals surface area (Å²) in [4.78, 5) is 2.97. The van der Waals surface area contributed by atoms with Gasteiger partial charge in [0.1, 0.15) is 11.9 Å². The molecule has 0 spiro atoms. The molecule has 0 atom stereocenters. The summed E-state index contributed by atoms with van der Waals surface area (Å²) in [6, 6.07) is 13.6. The predicted molar refractivity (Wildman–Crippen MR) is 55.2 cm³/mol. The Morgan fingerprint density at radius 3 is 2.64 bits per heavy atom. The standard InChI is InChI=1S/C11H9N3/c12-8-9-6-7-13-11(9)14-10-4-2-1-3-5-10/h1-7,13-14H. The highest BCUT2D eigenvalue weighted by Crippen LogP contribution is 2.17. The Morgan fingerprint density at radius 1 is 1.14 bits per heavy atom. The average molecular weight is 183 g/mol. The van der Waals surface area contributed by atoms with Crippen LogP contribution in [0.3, 0.4) is 0 Å². The number of para-hydroxylation sites is 1. The Balaban J connectivity index is 2.24. The van der Waals surface area contributed by atoms with Gasteiger partial charge in [-0.3, -0.25) is 0 Å². The molecule has 14 heavy (non-hydrogen) atoms. The number of nitrogens with one attached hydrogen (secondary N) is 2. The Bertz CT molecular complexity index is 451. The van der Waals surface area contributed by atoms with Crippen LogP contribution < -0.4 is 5.32 Å². The molecule has 3 heteroatoms. The van der Waals surface area contributed by atoms with Gasteiger partial charge in [0, 0.05) is 11.9 Å². The van der Waals surface area contributed by atoms with Crippen molar-refractivity contribution in [2.75, 3.05) is 5.32 Å². The van der Waals surface area contributed by atoms with Crippen molar-refractivity contribution in [3.05, 3.63) is 48.2 Å². The van der Waals surface area contributed by atoms with Crippen molar-refractivity contribution in [2.45, 2.75) is 0 Å². The first-order chi connectivity index (χ1) is 6.90. The molecule has 0 saturated heterocycles. The lowest BCUT2D eigenvalue weighted by Crippen LogP contribution is -1.91. The van der Waals surface area contributed by atoms with Gasteiger partial charge >= 0.3 is 0 Å². The van der Waals surface area contributed by atoms with E-state index in [1.54, 1.807) is 12.3 Å². The van der Waals surface area contributed by atoms with Gasteiger partial charge < -0.3 is 10.3 Å². The fourth-order valence-electron chi connectivity index (χ4n) is 1.23. The smallest absolute Gasteiger partial charge is 0.125 e. The number of nitrogens with zero attached hydrogens (tertiary/aromatic N) is 1. The van der Waals surface area contributed by atoms with Crippen LogP contribution in [-0.2, 0) is 0 Å². The lowest BCUT2D eigenvalue weighted by Gasteiger charge is -2.03. The summed E-state index contributed by atoms with van der Waals surface area (Å²) in [6.45, 7) is 0. The number of hydrogen-bond acceptors (Lipinski definition) is 2. The van der Waals surface area contributed by atoms with Gasteiger partial charge in [-0.15, -0.1) is 0 Å².